The lowest BCUT2D eigenvalue weighted by molar-refractivity contribution is 0.0388. The lowest BCUT2D eigenvalue weighted by Gasteiger charge is -2.36. The van der Waals surface area contributed by atoms with Gasteiger partial charge in [0.05, 0.1) is 0 Å². The summed E-state index contributed by atoms with van der Waals surface area (Å²) in [5.74, 6) is 0.884. The van der Waals surface area contributed by atoms with Gasteiger partial charge in [0.2, 0.25) is 5.95 Å². The van der Waals surface area contributed by atoms with E-state index in [4.69, 9.17) is 10.5 Å². The van der Waals surface area contributed by atoms with Crippen molar-refractivity contribution in [1.82, 2.24) is 24.7 Å². The quantitative estimate of drug-likeness (QED) is 0.927. The zero-order valence-electron chi connectivity index (χ0n) is 12.8. The number of nitrogens with zero attached hydrogens (tertiary/aromatic N) is 5. The average molecular weight is 300 g/mol. The third-order valence-electron chi connectivity index (χ3n) is 4.84. The fourth-order valence-corrected chi connectivity index (χ4v) is 3.44. The molecule has 7 nitrogen and oxygen atoms in total. The number of hydrogen-bond acceptors (Lipinski definition) is 6. The summed E-state index contributed by atoms with van der Waals surface area (Å²) in [6.07, 6.45) is 8.94. The molecule has 0 saturated heterocycles. The molecule has 0 aromatic carbocycles. The van der Waals surface area contributed by atoms with Crippen LogP contribution in [0.15, 0.2) is 18.7 Å². The molecule has 7 heteroatoms. The topological polar surface area (TPSA) is 91.7 Å². The van der Waals surface area contributed by atoms with E-state index in [2.05, 4.69) is 33.9 Å². The van der Waals surface area contributed by atoms with E-state index in [1.165, 1.54) is 12.0 Å². The number of hydrogen-bond donors (Lipinski definition) is 1. The number of nitrogens with two attached hydrogens (primary N) is 1. The first kappa shape index (κ1) is 13.5. The highest BCUT2D eigenvalue weighted by Crippen LogP contribution is 2.70. The van der Waals surface area contributed by atoms with Crippen molar-refractivity contribution in [2.24, 2.45) is 5.41 Å². The van der Waals surface area contributed by atoms with Crippen LogP contribution in [0, 0.1) is 5.41 Å². The van der Waals surface area contributed by atoms with Crippen molar-refractivity contribution in [2.45, 2.75) is 51.2 Å². The van der Waals surface area contributed by atoms with Gasteiger partial charge in [-0.1, -0.05) is 0 Å². The van der Waals surface area contributed by atoms with Gasteiger partial charge in [0.1, 0.15) is 12.4 Å². The molecular weight excluding hydrogens is 280 g/mol. The molecule has 2 N–H and O–H groups in total. The zero-order valence-corrected chi connectivity index (χ0v) is 12.8. The Morgan fingerprint density at radius 3 is 2.59 bits per heavy atom. The molecule has 0 amide bonds. The monoisotopic (exact) mass is 300 g/mol. The van der Waals surface area contributed by atoms with Crippen LogP contribution in [0.1, 0.15) is 50.6 Å². The first-order chi connectivity index (χ1) is 10.6. The predicted octanol–water partition coefficient (Wildman–Crippen LogP) is 1.95. The van der Waals surface area contributed by atoms with E-state index in [1.54, 1.807) is 6.33 Å². The highest BCUT2D eigenvalue weighted by Gasteiger charge is 2.63. The Labute approximate surface area is 128 Å². The van der Waals surface area contributed by atoms with Gasteiger partial charge in [-0.2, -0.15) is 4.98 Å². The highest BCUT2D eigenvalue weighted by atomic mass is 16.5. The zero-order chi connectivity index (χ0) is 15.3. The van der Waals surface area contributed by atoms with Crippen LogP contribution in [0.4, 0.5) is 5.95 Å². The van der Waals surface area contributed by atoms with Gasteiger partial charge in [0.15, 0.2) is 0 Å². The van der Waals surface area contributed by atoms with Gasteiger partial charge in [0, 0.05) is 18.4 Å². The number of anilines is 1. The molecule has 2 aromatic heterocycles. The molecule has 1 atom stereocenters. The van der Waals surface area contributed by atoms with E-state index in [0.29, 0.717) is 29.3 Å². The summed E-state index contributed by atoms with van der Waals surface area (Å²) in [6.45, 7) is 4.14. The smallest absolute Gasteiger partial charge is 0.335 e. The van der Waals surface area contributed by atoms with E-state index in [9.17, 15) is 0 Å². The Kier molecular flexibility index (Phi) is 2.85. The molecule has 4 rings (SSSR count). The summed E-state index contributed by atoms with van der Waals surface area (Å²) >= 11 is 0. The standard InChI is InChI=1S/C15H20N6O/c1-9(2)21-8-19-14(20-21)22-11-3-15(4-11)5-12(15)10-6-17-13(16)18-7-10/h6-9,11-12H,3-5H2,1-2H3,(H2,16,17,18)/t11?,12-,15?/m1/s1. The normalized spacial score (nSPS) is 29.6. The molecular formula is C15H20N6O. The maximum absolute atomic E-state index is 5.87. The van der Waals surface area contributed by atoms with Crippen LogP contribution in [-0.2, 0) is 0 Å². The van der Waals surface area contributed by atoms with Crippen LogP contribution in [0.25, 0.3) is 0 Å². The van der Waals surface area contributed by atoms with Crippen LogP contribution in [-0.4, -0.2) is 30.8 Å². The second kappa shape index (κ2) is 4.66. The number of nitrogen functional groups attached to an aromatic ring is 1. The molecule has 2 heterocycles. The maximum Gasteiger partial charge on any atom is 0.335 e. The summed E-state index contributed by atoms with van der Waals surface area (Å²) in [4.78, 5) is 12.4. The fraction of sp³-hybridized carbons (Fsp3) is 0.600. The number of aromatic nitrogens is 5. The van der Waals surface area contributed by atoms with Gasteiger partial charge in [0.25, 0.3) is 0 Å². The van der Waals surface area contributed by atoms with Crippen molar-refractivity contribution in [3.63, 3.8) is 0 Å². The molecule has 2 aliphatic rings. The molecule has 116 valence electrons. The minimum absolute atomic E-state index is 0.225. The molecule has 2 fully saturated rings. The lowest BCUT2D eigenvalue weighted by Crippen LogP contribution is -2.36. The first-order valence-corrected chi connectivity index (χ1v) is 7.71. The molecule has 0 aliphatic heterocycles. The summed E-state index contributed by atoms with van der Waals surface area (Å²) in [5, 5.41) is 4.34. The minimum Gasteiger partial charge on any atom is -0.459 e. The summed E-state index contributed by atoms with van der Waals surface area (Å²) in [6, 6.07) is 0.789. The van der Waals surface area contributed by atoms with Gasteiger partial charge in [-0.15, -0.1) is 5.10 Å². The number of rotatable bonds is 4. The van der Waals surface area contributed by atoms with Crippen molar-refractivity contribution >= 4 is 5.95 Å². The van der Waals surface area contributed by atoms with Crippen LogP contribution >= 0.6 is 0 Å². The summed E-state index contributed by atoms with van der Waals surface area (Å²) in [7, 11) is 0. The molecule has 0 unspecified atom stereocenters. The van der Waals surface area contributed by atoms with Crippen LogP contribution in [0.3, 0.4) is 0 Å². The molecule has 0 bridgehead atoms. The van der Waals surface area contributed by atoms with E-state index in [0.717, 1.165) is 12.8 Å². The first-order valence-electron chi connectivity index (χ1n) is 7.71. The SMILES string of the molecule is CC(C)n1cnc(OC2CC3(C2)C[C@@H]3c2cnc(N)nc2)n1. The van der Waals surface area contributed by atoms with Crippen molar-refractivity contribution < 1.29 is 4.74 Å². The maximum atomic E-state index is 5.87. The van der Waals surface area contributed by atoms with E-state index in [-0.39, 0.29) is 6.10 Å². The minimum atomic E-state index is 0.225. The average Bonchev–Trinajstić information content (AvgIpc) is 3.00. The summed E-state index contributed by atoms with van der Waals surface area (Å²) < 4.78 is 7.68. The Hall–Kier alpha value is -2.18. The van der Waals surface area contributed by atoms with Gasteiger partial charge >= 0.3 is 6.01 Å². The Morgan fingerprint density at radius 1 is 1.23 bits per heavy atom. The second-order valence-electron chi connectivity index (χ2n) is 6.74. The van der Waals surface area contributed by atoms with E-state index < -0.39 is 0 Å². The third kappa shape index (κ3) is 2.20. The molecule has 2 aromatic rings. The third-order valence-corrected chi connectivity index (χ3v) is 4.84. The van der Waals surface area contributed by atoms with Crippen LogP contribution in [0.2, 0.25) is 0 Å². The van der Waals surface area contributed by atoms with Crippen molar-refractivity contribution in [2.75, 3.05) is 5.73 Å². The Bertz CT molecular complexity index is 674. The molecule has 2 saturated carbocycles. The largest absolute Gasteiger partial charge is 0.459 e. The molecule has 22 heavy (non-hydrogen) atoms. The van der Waals surface area contributed by atoms with Gasteiger partial charge in [-0.25, -0.2) is 14.6 Å². The predicted molar refractivity (Wildman–Crippen MR) is 80.3 cm³/mol. The van der Waals surface area contributed by atoms with Crippen molar-refractivity contribution in [3.8, 4) is 6.01 Å². The van der Waals surface area contributed by atoms with Gasteiger partial charge in [-0.3, -0.25) is 0 Å². The van der Waals surface area contributed by atoms with E-state index >= 15 is 0 Å². The lowest BCUT2D eigenvalue weighted by atomic mass is 9.76. The van der Waals surface area contributed by atoms with Gasteiger partial charge < -0.3 is 10.5 Å². The van der Waals surface area contributed by atoms with Crippen molar-refractivity contribution in [1.29, 1.82) is 0 Å². The second-order valence-corrected chi connectivity index (χ2v) is 6.74. The highest BCUT2D eigenvalue weighted by molar-refractivity contribution is 5.31. The Balaban J connectivity index is 1.34. The van der Waals surface area contributed by atoms with Crippen LogP contribution in [0.5, 0.6) is 6.01 Å². The molecule has 0 radical (unpaired) electrons. The molecule has 1 spiro atoms. The fourth-order valence-electron chi connectivity index (χ4n) is 3.44. The Morgan fingerprint density at radius 2 is 1.95 bits per heavy atom. The van der Waals surface area contributed by atoms with Crippen LogP contribution < -0.4 is 10.5 Å². The number of ether oxygens (including phenoxy) is 1. The molecule has 2 aliphatic carbocycles. The van der Waals surface area contributed by atoms with Crippen molar-refractivity contribution in [3.05, 3.63) is 24.3 Å². The van der Waals surface area contributed by atoms with Gasteiger partial charge in [-0.05, 0) is 50.0 Å². The van der Waals surface area contributed by atoms with E-state index in [1.807, 2.05) is 17.1 Å². The summed E-state index contributed by atoms with van der Waals surface area (Å²) in [5.41, 5.74) is 7.10.